The molecule has 118 valence electrons. The Morgan fingerprint density at radius 3 is 1.42 bits per heavy atom. The van der Waals surface area contributed by atoms with Crippen LogP contribution in [0.1, 0.15) is 65.7 Å². The maximum atomic E-state index is 7.44. The van der Waals surface area contributed by atoms with Crippen molar-refractivity contribution in [3.8, 4) is 0 Å². The second-order valence-electron chi connectivity index (χ2n) is 6.12. The third-order valence-corrected chi connectivity index (χ3v) is 12.0. The van der Waals surface area contributed by atoms with Gasteiger partial charge < -0.3 is 0 Å². The fraction of sp³-hybridized carbons (Fsp3) is 1.00. The van der Waals surface area contributed by atoms with Crippen LogP contribution in [0.25, 0.3) is 0 Å². The predicted molar refractivity (Wildman–Crippen MR) is 93.5 cm³/mol. The van der Waals surface area contributed by atoms with E-state index in [4.69, 9.17) is 16.0 Å². The molecule has 0 saturated heterocycles. The number of ether oxygens (including phenoxy) is 1. The Morgan fingerprint density at radius 1 is 0.737 bits per heavy atom. The van der Waals surface area contributed by atoms with E-state index in [1.165, 1.54) is 63.2 Å². The van der Waals surface area contributed by atoms with Gasteiger partial charge in [0.2, 0.25) is 0 Å². The molecular weight excluding hydrogens is 275 g/mol. The Kier molecular flexibility index (Phi) is 10.8. The van der Waals surface area contributed by atoms with Gasteiger partial charge in [-0.3, -0.25) is 0 Å². The van der Waals surface area contributed by atoms with Crippen LogP contribution in [0.2, 0.25) is 0 Å². The van der Waals surface area contributed by atoms with E-state index in [0.717, 1.165) is 13.0 Å². The summed E-state index contributed by atoms with van der Waals surface area (Å²) < 4.78 is 5.26. The normalized spacial score (nSPS) is 14.3. The number of unbranched alkanes of at least 4 members (excludes halogenated alkanes) is 3. The Bertz CT molecular complexity index is 196. The summed E-state index contributed by atoms with van der Waals surface area (Å²) in [5.41, 5.74) is 0. The van der Waals surface area contributed by atoms with Crippen LogP contribution in [-0.4, -0.2) is 38.4 Å². The van der Waals surface area contributed by atoms with Gasteiger partial charge in [0, 0.05) is 0 Å². The molecule has 0 aromatic heterocycles. The Hall–Kier alpha value is 0.680. The molecule has 0 amide bonds. The molecule has 0 radical (unpaired) electrons. The first-order valence-electron chi connectivity index (χ1n) is 8.25. The molecule has 0 heterocycles. The van der Waals surface area contributed by atoms with E-state index >= 15 is 0 Å². The minimum atomic E-state index is -1.99. The van der Waals surface area contributed by atoms with Crippen molar-refractivity contribution in [2.24, 2.45) is 0 Å². The fourth-order valence-electron chi connectivity index (χ4n) is 2.93. The van der Waals surface area contributed by atoms with Crippen molar-refractivity contribution in [3.63, 3.8) is 0 Å². The van der Waals surface area contributed by atoms with Crippen LogP contribution in [0.4, 0.5) is 0 Å². The van der Waals surface area contributed by atoms with Gasteiger partial charge in [-0.2, -0.15) is 0 Å². The SMILES string of the molecule is CCCCP(Cl)(CCCC)(CCCC)CCCOC. The maximum absolute atomic E-state index is 7.44. The van der Waals surface area contributed by atoms with Crippen molar-refractivity contribution in [2.45, 2.75) is 65.7 Å². The van der Waals surface area contributed by atoms with Crippen molar-refractivity contribution in [2.75, 3.05) is 38.4 Å². The summed E-state index contributed by atoms with van der Waals surface area (Å²) in [6.07, 6.45) is 14.0. The molecule has 0 fully saturated rings. The van der Waals surface area contributed by atoms with Crippen LogP contribution in [0.15, 0.2) is 0 Å². The van der Waals surface area contributed by atoms with E-state index in [0.29, 0.717) is 0 Å². The van der Waals surface area contributed by atoms with Gasteiger partial charge in [0.1, 0.15) is 0 Å². The van der Waals surface area contributed by atoms with E-state index in [1.54, 1.807) is 7.11 Å². The molecule has 0 N–H and O–H groups in total. The molecular formula is C16H36ClOP. The van der Waals surface area contributed by atoms with Crippen LogP contribution in [0.3, 0.4) is 0 Å². The number of methoxy groups -OCH3 is 1. The van der Waals surface area contributed by atoms with Crippen LogP contribution < -0.4 is 0 Å². The topological polar surface area (TPSA) is 9.23 Å². The molecule has 3 heteroatoms. The van der Waals surface area contributed by atoms with Gasteiger partial charge in [-0.25, -0.2) is 0 Å². The molecule has 19 heavy (non-hydrogen) atoms. The number of halogens is 1. The fourth-order valence-corrected chi connectivity index (χ4v) is 9.95. The third-order valence-electron chi connectivity index (χ3n) is 4.28. The van der Waals surface area contributed by atoms with Gasteiger partial charge in [-0.05, 0) is 0 Å². The second-order valence-corrected chi connectivity index (χ2v) is 14.4. The number of hydrogen-bond acceptors (Lipinski definition) is 1. The van der Waals surface area contributed by atoms with Crippen molar-refractivity contribution in [3.05, 3.63) is 0 Å². The molecule has 1 nitrogen and oxygen atoms in total. The van der Waals surface area contributed by atoms with Gasteiger partial charge in [-0.1, -0.05) is 0 Å². The van der Waals surface area contributed by atoms with Crippen molar-refractivity contribution in [1.29, 1.82) is 0 Å². The summed E-state index contributed by atoms with van der Waals surface area (Å²) in [4.78, 5) is 0. The molecule has 0 aromatic rings. The van der Waals surface area contributed by atoms with E-state index in [9.17, 15) is 0 Å². The molecule has 0 atom stereocenters. The molecule has 0 spiro atoms. The molecule has 0 aliphatic carbocycles. The van der Waals surface area contributed by atoms with Crippen molar-refractivity contribution < 1.29 is 4.74 Å². The van der Waals surface area contributed by atoms with Crippen LogP contribution >= 0.6 is 17.2 Å². The van der Waals surface area contributed by atoms with Crippen LogP contribution in [0, 0.1) is 0 Å². The molecule has 0 aliphatic rings. The number of hydrogen-bond donors (Lipinski definition) is 0. The van der Waals surface area contributed by atoms with E-state index in [1.807, 2.05) is 0 Å². The minimum absolute atomic E-state index is 0.870. The quantitative estimate of drug-likeness (QED) is 0.294. The summed E-state index contributed by atoms with van der Waals surface area (Å²) >= 11 is 7.44. The third kappa shape index (κ3) is 7.88. The standard InChI is InChI=1S/C16H36ClOP/c1-5-8-13-19(17,14-9-6-2,15-10-7-3)16-11-12-18-4/h5-16H2,1-4H3. The van der Waals surface area contributed by atoms with Crippen molar-refractivity contribution in [1.82, 2.24) is 0 Å². The molecule has 0 unspecified atom stereocenters. The predicted octanol–water partition coefficient (Wildman–Crippen LogP) is 6.13. The Balaban J connectivity index is 4.81. The first-order valence-corrected chi connectivity index (χ1v) is 12.1. The van der Waals surface area contributed by atoms with E-state index in [-0.39, 0.29) is 0 Å². The summed E-state index contributed by atoms with van der Waals surface area (Å²) in [5.74, 6) is -1.99. The van der Waals surface area contributed by atoms with Crippen molar-refractivity contribution >= 4 is 17.2 Å². The average molecular weight is 311 g/mol. The first kappa shape index (κ1) is 19.7. The zero-order chi connectivity index (χ0) is 14.6. The second kappa shape index (κ2) is 10.4. The summed E-state index contributed by atoms with van der Waals surface area (Å²) in [7, 11) is 1.80. The molecule has 0 aliphatic heterocycles. The van der Waals surface area contributed by atoms with E-state index < -0.39 is 5.96 Å². The van der Waals surface area contributed by atoms with Gasteiger partial charge in [0.15, 0.2) is 0 Å². The average Bonchev–Trinajstić information content (AvgIpc) is 2.42. The summed E-state index contributed by atoms with van der Waals surface area (Å²) in [6, 6.07) is 0. The molecule has 0 bridgehead atoms. The summed E-state index contributed by atoms with van der Waals surface area (Å²) in [5, 5.41) is 0. The van der Waals surface area contributed by atoms with Gasteiger partial charge in [0.05, 0.1) is 0 Å². The van der Waals surface area contributed by atoms with Crippen LogP contribution in [0.5, 0.6) is 0 Å². The number of rotatable bonds is 13. The monoisotopic (exact) mass is 310 g/mol. The van der Waals surface area contributed by atoms with Gasteiger partial charge >= 0.3 is 126 Å². The molecule has 0 saturated carbocycles. The first-order chi connectivity index (χ1) is 9.04. The molecule has 0 aromatic carbocycles. The van der Waals surface area contributed by atoms with Crippen LogP contribution in [-0.2, 0) is 4.74 Å². The van der Waals surface area contributed by atoms with E-state index in [2.05, 4.69) is 20.8 Å². The Morgan fingerprint density at radius 2 is 1.11 bits per heavy atom. The van der Waals surface area contributed by atoms with Gasteiger partial charge in [0.25, 0.3) is 0 Å². The van der Waals surface area contributed by atoms with Gasteiger partial charge in [-0.15, -0.1) is 0 Å². The zero-order valence-electron chi connectivity index (χ0n) is 13.7. The summed E-state index contributed by atoms with van der Waals surface area (Å²) in [6.45, 7) is 7.72. The zero-order valence-corrected chi connectivity index (χ0v) is 15.4. The molecule has 0 rings (SSSR count). The Labute approximate surface area is 126 Å².